The van der Waals surface area contributed by atoms with Gasteiger partial charge in [-0.25, -0.2) is 0 Å². The normalized spacial score (nSPS) is 11.0. The van der Waals surface area contributed by atoms with Gasteiger partial charge in [0.2, 0.25) is 0 Å². The van der Waals surface area contributed by atoms with Crippen molar-refractivity contribution in [3.05, 3.63) is 54.4 Å². The van der Waals surface area contributed by atoms with Gasteiger partial charge in [0.05, 0.1) is 13.7 Å². The van der Waals surface area contributed by atoms with Crippen LogP contribution in [0.3, 0.4) is 0 Å². The lowest BCUT2D eigenvalue weighted by atomic mass is 10.1. The molecule has 0 aliphatic rings. The van der Waals surface area contributed by atoms with Crippen molar-refractivity contribution in [2.24, 2.45) is 0 Å². The van der Waals surface area contributed by atoms with E-state index in [0.29, 0.717) is 5.69 Å². The van der Waals surface area contributed by atoms with Crippen molar-refractivity contribution in [3.8, 4) is 5.75 Å². The summed E-state index contributed by atoms with van der Waals surface area (Å²) < 4.78 is 7.06. The lowest BCUT2D eigenvalue weighted by Gasteiger charge is -2.10. The summed E-state index contributed by atoms with van der Waals surface area (Å²) in [6.45, 7) is 1.61. The number of carbonyl (C=O) groups excluding carboxylic acids is 1. The largest absolute Gasteiger partial charge is 0.497 e. The van der Waals surface area contributed by atoms with Crippen molar-refractivity contribution < 1.29 is 9.53 Å². The molecule has 0 unspecified atom stereocenters. The molecule has 0 saturated carbocycles. The lowest BCUT2D eigenvalue weighted by Crippen LogP contribution is -2.19. The highest BCUT2D eigenvalue weighted by atomic mass is 16.5. The number of ether oxygens (including phenoxy) is 1. The predicted octanol–water partition coefficient (Wildman–Crippen LogP) is 2.86. The van der Waals surface area contributed by atoms with Gasteiger partial charge in [-0.3, -0.25) is 9.48 Å². The summed E-state index contributed by atoms with van der Waals surface area (Å²) in [6, 6.07) is 13.3. The molecular weight excluding hydrogens is 316 g/mol. The van der Waals surface area contributed by atoms with Gasteiger partial charge in [0, 0.05) is 23.8 Å². The zero-order chi connectivity index (χ0) is 17.8. The summed E-state index contributed by atoms with van der Waals surface area (Å²) in [5, 5.41) is 9.27. The number of anilines is 1. The maximum Gasteiger partial charge on any atom is 0.276 e. The minimum atomic E-state index is -0.223. The van der Waals surface area contributed by atoms with Gasteiger partial charge in [-0.2, -0.15) is 5.10 Å². The summed E-state index contributed by atoms with van der Waals surface area (Å²) in [5.74, 6) is 0.529. The Hall–Kier alpha value is -2.86. The number of rotatable bonds is 6. The molecule has 1 heterocycles. The smallest absolute Gasteiger partial charge is 0.276 e. The minimum absolute atomic E-state index is 0.223. The first-order valence-corrected chi connectivity index (χ1v) is 8.13. The van der Waals surface area contributed by atoms with Gasteiger partial charge < -0.3 is 15.0 Å². The number of fused-ring (bicyclic) bond motifs is 1. The van der Waals surface area contributed by atoms with Crippen LogP contribution < -0.4 is 10.1 Å². The number of amides is 1. The number of hydrogen-bond donors (Lipinski definition) is 1. The fraction of sp³-hybridized carbons (Fsp3) is 0.263. The van der Waals surface area contributed by atoms with Crippen molar-refractivity contribution in [1.29, 1.82) is 0 Å². The van der Waals surface area contributed by atoms with E-state index >= 15 is 0 Å². The van der Waals surface area contributed by atoms with Gasteiger partial charge >= 0.3 is 0 Å². The van der Waals surface area contributed by atoms with Gasteiger partial charge in [0.15, 0.2) is 5.69 Å². The van der Waals surface area contributed by atoms with Crippen LogP contribution >= 0.6 is 0 Å². The van der Waals surface area contributed by atoms with Crippen LogP contribution in [0.5, 0.6) is 5.75 Å². The molecule has 2 aromatic carbocycles. The number of carbonyl (C=O) groups is 1. The Morgan fingerprint density at radius 3 is 2.84 bits per heavy atom. The lowest BCUT2D eigenvalue weighted by molar-refractivity contribution is 0.102. The van der Waals surface area contributed by atoms with Gasteiger partial charge in [-0.15, -0.1) is 0 Å². The molecule has 1 amide bonds. The van der Waals surface area contributed by atoms with Crippen LogP contribution in [0.4, 0.5) is 5.69 Å². The van der Waals surface area contributed by atoms with Gasteiger partial charge in [0.1, 0.15) is 5.75 Å². The molecule has 25 heavy (non-hydrogen) atoms. The Labute approximate surface area is 147 Å². The monoisotopic (exact) mass is 338 g/mol. The summed E-state index contributed by atoms with van der Waals surface area (Å²) >= 11 is 0. The molecule has 0 saturated heterocycles. The second-order valence-corrected chi connectivity index (χ2v) is 6.11. The molecule has 0 aliphatic carbocycles. The molecule has 6 heteroatoms. The molecule has 0 atom stereocenters. The molecule has 0 aliphatic heterocycles. The first kappa shape index (κ1) is 17.0. The van der Waals surface area contributed by atoms with Gasteiger partial charge in [-0.05, 0) is 43.7 Å². The number of hydrogen-bond acceptors (Lipinski definition) is 4. The Kier molecular flexibility index (Phi) is 5.00. The minimum Gasteiger partial charge on any atom is -0.497 e. The maximum absolute atomic E-state index is 12.5. The standard InChI is InChI=1S/C19H22N4O2/c1-22(2)11-12-23-10-9-18(21-23)19(24)20-17-6-4-5-14-7-8-15(25-3)13-16(14)17/h4-10,13H,11-12H2,1-3H3,(H,20,24). The molecule has 0 bridgehead atoms. The molecule has 0 fully saturated rings. The quantitative estimate of drug-likeness (QED) is 0.751. The fourth-order valence-corrected chi connectivity index (χ4v) is 2.58. The zero-order valence-corrected chi connectivity index (χ0v) is 14.7. The third-order valence-electron chi connectivity index (χ3n) is 3.99. The van der Waals surface area contributed by atoms with E-state index in [-0.39, 0.29) is 5.91 Å². The molecular formula is C19H22N4O2. The molecule has 1 aromatic heterocycles. The first-order chi connectivity index (χ1) is 12.1. The fourth-order valence-electron chi connectivity index (χ4n) is 2.58. The highest BCUT2D eigenvalue weighted by Crippen LogP contribution is 2.27. The third kappa shape index (κ3) is 3.97. The Balaban J connectivity index is 1.80. The number of benzene rings is 2. The summed E-state index contributed by atoms with van der Waals surface area (Å²) in [6.07, 6.45) is 1.82. The summed E-state index contributed by atoms with van der Waals surface area (Å²) in [7, 11) is 5.64. The van der Waals surface area contributed by atoms with Crippen molar-refractivity contribution >= 4 is 22.4 Å². The van der Waals surface area contributed by atoms with Crippen LogP contribution in [-0.4, -0.2) is 48.3 Å². The van der Waals surface area contributed by atoms with Crippen LogP contribution in [0.2, 0.25) is 0 Å². The van der Waals surface area contributed by atoms with E-state index in [9.17, 15) is 4.79 Å². The van der Waals surface area contributed by atoms with E-state index in [4.69, 9.17) is 4.74 Å². The average molecular weight is 338 g/mol. The maximum atomic E-state index is 12.5. The first-order valence-electron chi connectivity index (χ1n) is 8.13. The molecule has 130 valence electrons. The van der Waals surface area contributed by atoms with E-state index in [2.05, 4.69) is 15.3 Å². The van der Waals surface area contributed by atoms with E-state index in [1.54, 1.807) is 17.9 Å². The number of nitrogens with one attached hydrogen (secondary N) is 1. The number of nitrogens with zero attached hydrogens (tertiary/aromatic N) is 3. The zero-order valence-electron chi connectivity index (χ0n) is 14.7. The Morgan fingerprint density at radius 2 is 2.08 bits per heavy atom. The van der Waals surface area contributed by atoms with Crippen LogP contribution in [0, 0.1) is 0 Å². The third-order valence-corrected chi connectivity index (χ3v) is 3.99. The SMILES string of the molecule is COc1ccc2cccc(NC(=O)c3ccn(CCN(C)C)n3)c2c1. The highest BCUT2D eigenvalue weighted by molar-refractivity contribution is 6.08. The van der Waals surface area contributed by atoms with Crippen molar-refractivity contribution in [2.75, 3.05) is 33.1 Å². The van der Waals surface area contributed by atoms with Gasteiger partial charge in [-0.1, -0.05) is 18.2 Å². The molecule has 0 radical (unpaired) electrons. The van der Waals surface area contributed by atoms with Crippen molar-refractivity contribution in [1.82, 2.24) is 14.7 Å². The molecule has 6 nitrogen and oxygen atoms in total. The topological polar surface area (TPSA) is 59.4 Å². The van der Waals surface area contributed by atoms with E-state index in [1.165, 1.54) is 0 Å². The second kappa shape index (κ2) is 7.36. The van der Waals surface area contributed by atoms with E-state index in [0.717, 1.165) is 35.3 Å². The molecule has 3 aromatic rings. The number of likely N-dealkylation sites (N-methyl/N-ethyl adjacent to an activating group) is 1. The van der Waals surface area contributed by atoms with Crippen LogP contribution in [-0.2, 0) is 6.54 Å². The number of methoxy groups -OCH3 is 1. The number of aromatic nitrogens is 2. The summed E-state index contributed by atoms with van der Waals surface area (Å²) in [4.78, 5) is 14.6. The van der Waals surface area contributed by atoms with Gasteiger partial charge in [0.25, 0.3) is 5.91 Å². The molecule has 1 N–H and O–H groups in total. The molecule has 3 rings (SSSR count). The Bertz CT molecular complexity index is 886. The predicted molar refractivity (Wildman–Crippen MR) is 99.2 cm³/mol. The van der Waals surface area contributed by atoms with Crippen LogP contribution in [0.1, 0.15) is 10.5 Å². The van der Waals surface area contributed by atoms with Crippen molar-refractivity contribution in [3.63, 3.8) is 0 Å². The summed E-state index contributed by atoms with van der Waals surface area (Å²) in [5.41, 5.74) is 1.14. The average Bonchev–Trinajstić information content (AvgIpc) is 3.09. The van der Waals surface area contributed by atoms with E-state index in [1.807, 2.05) is 56.7 Å². The highest BCUT2D eigenvalue weighted by Gasteiger charge is 2.12. The van der Waals surface area contributed by atoms with E-state index < -0.39 is 0 Å². The van der Waals surface area contributed by atoms with Crippen LogP contribution in [0.25, 0.3) is 10.8 Å². The Morgan fingerprint density at radius 1 is 1.24 bits per heavy atom. The van der Waals surface area contributed by atoms with Crippen LogP contribution in [0.15, 0.2) is 48.7 Å². The molecule has 0 spiro atoms. The van der Waals surface area contributed by atoms with Crippen molar-refractivity contribution in [2.45, 2.75) is 6.54 Å². The second-order valence-electron chi connectivity index (χ2n) is 6.11.